The SMILES string of the molecule is Cc1ccc(CCCCn2ccc(=O)c(O)c2C)cc1C. The smallest absolute Gasteiger partial charge is 0.223 e. The van der Waals surface area contributed by atoms with E-state index in [-0.39, 0.29) is 11.2 Å². The van der Waals surface area contributed by atoms with E-state index in [2.05, 4.69) is 32.0 Å². The average Bonchev–Trinajstić information content (AvgIpc) is 2.47. The van der Waals surface area contributed by atoms with Gasteiger partial charge in [-0.25, -0.2) is 0 Å². The minimum absolute atomic E-state index is 0.133. The molecule has 0 saturated carbocycles. The molecule has 1 aromatic carbocycles. The van der Waals surface area contributed by atoms with Crippen molar-refractivity contribution in [1.82, 2.24) is 4.57 Å². The van der Waals surface area contributed by atoms with Gasteiger partial charge < -0.3 is 9.67 Å². The summed E-state index contributed by atoms with van der Waals surface area (Å²) in [7, 11) is 0. The Balaban J connectivity index is 1.89. The van der Waals surface area contributed by atoms with Gasteiger partial charge in [0, 0.05) is 18.8 Å². The maximum absolute atomic E-state index is 11.3. The van der Waals surface area contributed by atoms with Gasteiger partial charge in [0.05, 0.1) is 5.69 Å². The van der Waals surface area contributed by atoms with Crippen LogP contribution in [0.5, 0.6) is 5.75 Å². The molecule has 1 heterocycles. The summed E-state index contributed by atoms with van der Waals surface area (Å²) in [6.07, 6.45) is 4.94. The van der Waals surface area contributed by atoms with E-state index < -0.39 is 0 Å². The molecular weight excluding hydrogens is 262 g/mol. The lowest BCUT2D eigenvalue weighted by atomic mass is 10.0. The summed E-state index contributed by atoms with van der Waals surface area (Å²) in [5, 5.41) is 9.64. The highest BCUT2D eigenvalue weighted by Gasteiger charge is 2.04. The maximum Gasteiger partial charge on any atom is 0.223 e. The molecule has 0 saturated heterocycles. The van der Waals surface area contributed by atoms with Crippen LogP contribution in [0.1, 0.15) is 35.2 Å². The Morgan fingerprint density at radius 3 is 2.52 bits per heavy atom. The molecule has 0 bridgehead atoms. The van der Waals surface area contributed by atoms with Crippen LogP contribution in [0.3, 0.4) is 0 Å². The largest absolute Gasteiger partial charge is 0.503 e. The lowest BCUT2D eigenvalue weighted by Gasteiger charge is -2.11. The zero-order chi connectivity index (χ0) is 15.4. The van der Waals surface area contributed by atoms with Crippen molar-refractivity contribution < 1.29 is 5.11 Å². The van der Waals surface area contributed by atoms with Crippen molar-refractivity contribution in [3.8, 4) is 5.75 Å². The third kappa shape index (κ3) is 3.75. The third-order valence-electron chi connectivity index (χ3n) is 4.10. The Hall–Kier alpha value is -2.03. The number of rotatable bonds is 5. The lowest BCUT2D eigenvalue weighted by molar-refractivity contribution is 0.450. The number of nitrogens with zero attached hydrogens (tertiary/aromatic N) is 1. The van der Waals surface area contributed by atoms with Crippen LogP contribution >= 0.6 is 0 Å². The molecule has 3 heteroatoms. The molecule has 2 aromatic rings. The van der Waals surface area contributed by atoms with E-state index in [1.165, 1.54) is 22.8 Å². The zero-order valence-corrected chi connectivity index (χ0v) is 13.0. The van der Waals surface area contributed by atoms with Gasteiger partial charge in [0.15, 0.2) is 5.75 Å². The number of hydrogen-bond acceptors (Lipinski definition) is 2. The van der Waals surface area contributed by atoms with E-state index in [4.69, 9.17) is 0 Å². The van der Waals surface area contributed by atoms with Crippen LogP contribution in [0, 0.1) is 20.8 Å². The Morgan fingerprint density at radius 1 is 1.05 bits per heavy atom. The van der Waals surface area contributed by atoms with Gasteiger partial charge >= 0.3 is 0 Å². The highest BCUT2D eigenvalue weighted by Crippen LogP contribution is 2.14. The number of unbranched alkanes of at least 4 members (excludes halogenated alkanes) is 1. The molecule has 0 spiro atoms. The predicted molar refractivity (Wildman–Crippen MR) is 86.0 cm³/mol. The minimum atomic E-state index is -0.307. The molecule has 1 aromatic heterocycles. The second-order valence-corrected chi connectivity index (χ2v) is 5.68. The summed E-state index contributed by atoms with van der Waals surface area (Å²) in [6, 6.07) is 8.05. The van der Waals surface area contributed by atoms with Crippen molar-refractivity contribution in [1.29, 1.82) is 0 Å². The van der Waals surface area contributed by atoms with E-state index >= 15 is 0 Å². The second-order valence-electron chi connectivity index (χ2n) is 5.68. The number of hydrogen-bond donors (Lipinski definition) is 1. The Morgan fingerprint density at radius 2 is 1.81 bits per heavy atom. The molecule has 0 amide bonds. The highest BCUT2D eigenvalue weighted by molar-refractivity contribution is 5.30. The number of aromatic hydroxyl groups is 1. The van der Waals surface area contributed by atoms with E-state index in [0.717, 1.165) is 25.8 Å². The number of aryl methyl sites for hydroxylation is 4. The summed E-state index contributed by atoms with van der Waals surface area (Å²) in [5.41, 5.74) is 4.39. The first kappa shape index (κ1) is 15.4. The summed E-state index contributed by atoms with van der Waals surface area (Å²) < 4.78 is 1.94. The Kier molecular flexibility index (Phi) is 4.84. The molecule has 0 aliphatic rings. The van der Waals surface area contributed by atoms with Crippen LogP contribution in [-0.2, 0) is 13.0 Å². The van der Waals surface area contributed by atoms with E-state index in [0.29, 0.717) is 5.69 Å². The lowest BCUT2D eigenvalue weighted by Crippen LogP contribution is -2.10. The van der Waals surface area contributed by atoms with E-state index in [9.17, 15) is 9.90 Å². The van der Waals surface area contributed by atoms with Crippen molar-refractivity contribution in [2.45, 2.75) is 46.6 Å². The third-order valence-corrected chi connectivity index (χ3v) is 4.10. The standard InChI is InChI=1S/C18H23NO2/c1-13-7-8-16(12-14(13)2)6-4-5-10-19-11-9-17(20)18(21)15(19)3/h7-9,11-12,21H,4-6,10H2,1-3H3. The number of benzene rings is 1. The maximum atomic E-state index is 11.3. The molecule has 112 valence electrons. The summed E-state index contributed by atoms with van der Waals surface area (Å²) in [6.45, 7) is 6.88. The fraction of sp³-hybridized carbons (Fsp3) is 0.389. The zero-order valence-electron chi connectivity index (χ0n) is 13.0. The highest BCUT2D eigenvalue weighted by atomic mass is 16.3. The fourth-order valence-electron chi connectivity index (χ4n) is 2.48. The molecule has 0 aliphatic heterocycles. The molecule has 0 fully saturated rings. The van der Waals surface area contributed by atoms with Gasteiger partial charge in [-0.3, -0.25) is 4.79 Å². The van der Waals surface area contributed by atoms with E-state index in [1.54, 1.807) is 13.1 Å². The van der Waals surface area contributed by atoms with Crippen LogP contribution in [0.15, 0.2) is 35.3 Å². The topological polar surface area (TPSA) is 42.2 Å². The molecular formula is C18H23NO2. The summed E-state index contributed by atoms with van der Waals surface area (Å²) >= 11 is 0. The van der Waals surface area contributed by atoms with Crippen LogP contribution in [0.25, 0.3) is 0 Å². The van der Waals surface area contributed by atoms with Crippen molar-refractivity contribution >= 4 is 0 Å². The van der Waals surface area contributed by atoms with Gasteiger partial charge in [-0.1, -0.05) is 18.2 Å². The molecule has 1 N–H and O–H groups in total. The van der Waals surface area contributed by atoms with Crippen LogP contribution in [0.2, 0.25) is 0 Å². The second kappa shape index (κ2) is 6.61. The van der Waals surface area contributed by atoms with Crippen LogP contribution in [0.4, 0.5) is 0 Å². The van der Waals surface area contributed by atoms with Crippen molar-refractivity contribution in [3.05, 3.63) is 63.1 Å². The van der Waals surface area contributed by atoms with Crippen molar-refractivity contribution in [3.63, 3.8) is 0 Å². The average molecular weight is 285 g/mol. The molecule has 0 atom stereocenters. The summed E-state index contributed by atoms with van der Waals surface area (Å²) in [4.78, 5) is 11.3. The first-order valence-electron chi connectivity index (χ1n) is 7.44. The van der Waals surface area contributed by atoms with Crippen molar-refractivity contribution in [2.75, 3.05) is 0 Å². The first-order valence-corrected chi connectivity index (χ1v) is 7.44. The van der Waals surface area contributed by atoms with Gasteiger partial charge in [0.2, 0.25) is 5.43 Å². The quantitative estimate of drug-likeness (QED) is 0.854. The van der Waals surface area contributed by atoms with Crippen molar-refractivity contribution in [2.24, 2.45) is 0 Å². The predicted octanol–water partition coefficient (Wildman–Crippen LogP) is 3.50. The number of pyridine rings is 1. The monoisotopic (exact) mass is 285 g/mol. The van der Waals surface area contributed by atoms with Gasteiger partial charge in [-0.2, -0.15) is 0 Å². The molecule has 3 nitrogen and oxygen atoms in total. The minimum Gasteiger partial charge on any atom is -0.503 e. The van der Waals surface area contributed by atoms with Crippen LogP contribution in [-0.4, -0.2) is 9.67 Å². The molecule has 0 unspecified atom stereocenters. The normalized spacial score (nSPS) is 10.8. The fourth-order valence-corrected chi connectivity index (χ4v) is 2.48. The summed E-state index contributed by atoms with van der Waals surface area (Å²) in [5.74, 6) is -0.133. The molecule has 0 radical (unpaired) electrons. The Bertz CT molecular complexity index is 686. The Labute approximate surface area is 125 Å². The van der Waals surface area contributed by atoms with Crippen LogP contribution < -0.4 is 5.43 Å². The molecule has 21 heavy (non-hydrogen) atoms. The van der Waals surface area contributed by atoms with Gasteiger partial charge in [0.1, 0.15) is 0 Å². The number of aromatic nitrogens is 1. The molecule has 0 aliphatic carbocycles. The van der Waals surface area contributed by atoms with Gasteiger partial charge in [-0.15, -0.1) is 0 Å². The van der Waals surface area contributed by atoms with E-state index in [1.807, 2.05) is 4.57 Å². The van der Waals surface area contributed by atoms with Gasteiger partial charge in [-0.05, 0) is 56.7 Å². The molecule has 2 rings (SSSR count). The van der Waals surface area contributed by atoms with Gasteiger partial charge in [0.25, 0.3) is 0 Å². The first-order chi connectivity index (χ1) is 9.99.